The Hall–Kier alpha value is -1.16. The molecule has 1 aromatic rings. The molecule has 16 heavy (non-hydrogen) atoms. The molecular formula is C12H17F2NO. The van der Waals surface area contributed by atoms with Gasteiger partial charge in [-0.15, -0.1) is 0 Å². The average Bonchev–Trinajstić information content (AvgIpc) is 2.24. The van der Waals surface area contributed by atoms with E-state index in [-0.39, 0.29) is 5.56 Å². The van der Waals surface area contributed by atoms with E-state index in [0.29, 0.717) is 30.7 Å². The van der Waals surface area contributed by atoms with Crippen LogP contribution >= 0.6 is 0 Å². The van der Waals surface area contributed by atoms with Gasteiger partial charge in [0.1, 0.15) is 5.75 Å². The summed E-state index contributed by atoms with van der Waals surface area (Å²) in [4.78, 5) is 0. The average molecular weight is 229 g/mol. The third kappa shape index (κ3) is 2.92. The molecule has 0 heterocycles. The van der Waals surface area contributed by atoms with Crippen molar-refractivity contribution in [1.29, 1.82) is 0 Å². The molecule has 0 atom stereocenters. The summed E-state index contributed by atoms with van der Waals surface area (Å²) < 4.78 is 31.8. The van der Waals surface area contributed by atoms with Crippen molar-refractivity contribution >= 4 is 0 Å². The van der Waals surface area contributed by atoms with E-state index in [1.54, 1.807) is 12.1 Å². The van der Waals surface area contributed by atoms with Gasteiger partial charge >= 0.3 is 0 Å². The molecule has 0 spiro atoms. The summed E-state index contributed by atoms with van der Waals surface area (Å²) in [5.41, 5.74) is 5.99. The smallest absolute Gasteiger partial charge is 0.270 e. The highest BCUT2D eigenvalue weighted by molar-refractivity contribution is 5.42. The first-order chi connectivity index (χ1) is 7.50. The fourth-order valence-electron chi connectivity index (χ4n) is 1.70. The van der Waals surface area contributed by atoms with Crippen molar-refractivity contribution in [2.45, 2.75) is 25.7 Å². The largest absolute Gasteiger partial charge is 0.496 e. The van der Waals surface area contributed by atoms with Gasteiger partial charge in [0.05, 0.1) is 7.11 Å². The van der Waals surface area contributed by atoms with Gasteiger partial charge in [0.2, 0.25) is 0 Å². The Morgan fingerprint density at radius 2 is 2.06 bits per heavy atom. The van der Waals surface area contributed by atoms with Crippen LogP contribution in [0.4, 0.5) is 8.78 Å². The maximum atomic E-state index is 13.4. The highest BCUT2D eigenvalue weighted by atomic mass is 19.3. The molecule has 0 saturated heterocycles. The molecule has 0 bridgehead atoms. The van der Waals surface area contributed by atoms with Crippen LogP contribution in [-0.4, -0.2) is 13.7 Å². The van der Waals surface area contributed by atoms with Gasteiger partial charge < -0.3 is 10.5 Å². The van der Waals surface area contributed by atoms with Gasteiger partial charge in [-0.2, -0.15) is 0 Å². The molecule has 0 aliphatic heterocycles. The molecule has 0 saturated carbocycles. The number of ether oxygens (including phenoxy) is 1. The van der Waals surface area contributed by atoms with E-state index in [2.05, 4.69) is 0 Å². The van der Waals surface area contributed by atoms with Gasteiger partial charge in [0.25, 0.3) is 5.92 Å². The van der Waals surface area contributed by atoms with Crippen LogP contribution in [-0.2, 0) is 12.3 Å². The number of rotatable bonds is 5. The number of benzene rings is 1. The van der Waals surface area contributed by atoms with E-state index in [4.69, 9.17) is 10.5 Å². The summed E-state index contributed by atoms with van der Waals surface area (Å²) in [5.74, 6) is -2.34. The highest BCUT2D eigenvalue weighted by Gasteiger charge is 2.28. The molecule has 0 aliphatic carbocycles. The fourth-order valence-corrected chi connectivity index (χ4v) is 1.70. The van der Waals surface area contributed by atoms with Gasteiger partial charge in [-0.3, -0.25) is 0 Å². The summed E-state index contributed by atoms with van der Waals surface area (Å²) in [5, 5.41) is 0. The first-order valence-corrected chi connectivity index (χ1v) is 5.25. The maximum absolute atomic E-state index is 13.4. The van der Waals surface area contributed by atoms with Gasteiger partial charge in [0.15, 0.2) is 0 Å². The van der Waals surface area contributed by atoms with Crippen LogP contribution in [0.5, 0.6) is 5.75 Å². The molecule has 0 radical (unpaired) electrons. The van der Waals surface area contributed by atoms with Crippen molar-refractivity contribution in [1.82, 2.24) is 0 Å². The summed E-state index contributed by atoms with van der Waals surface area (Å²) in [7, 11) is 1.48. The van der Waals surface area contributed by atoms with E-state index >= 15 is 0 Å². The number of halogens is 2. The lowest BCUT2D eigenvalue weighted by Gasteiger charge is -2.18. The summed E-state index contributed by atoms with van der Waals surface area (Å²) >= 11 is 0. The minimum absolute atomic E-state index is 0.0281. The third-order valence-corrected chi connectivity index (χ3v) is 2.46. The molecule has 4 heteroatoms. The third-order valence-electron chi connectivity index (χ3n) is 2.46. The van der Waals surface area contributed by atoms with Crippen LogP contribution in [0, 0.1) is 0 Å². The van der Waals surface area contributed by atoms with Gasteiger partial charge in [0, 0.05) is 18.1 Å². The lowest BCUT2D eigenvalue weighted by atomic mass is 9.97. The Kier molecular flexibility index (Phi) is 4.24. The number of hydrogen-bond donors (Lipinski definition) is 1. The van der Waals surface area contributed by atoms with E-state index < -0.39 is 5.92 Å². The predicted molar refractivity (Wildman–Crippen MR) is 59.9 cm³/mol. The van der Waals surface area contributed by atoms with Crippen LogP contribution < -0.4 is 10.5 Å². The quantitative estimate of drug-likeness (QED) is 0.842. The van der Waals surface area contributed by atoms with E-state index in [1.165, 1.54) is 13.2 Å². The van der Waals surface area contributed by atoms with Crippen LogP contribution in [0.2, 0.25) is 0 Å². The highest BCUT2D eigenvalue weighted by Crippen LogP contribution is 2.34. The number of methoxy groups -OCH3 is 1. The Balaban J connectivity index is 3.15. The van der Waals surface area contributed by atoms with Crippen LogP contribution in [0.25, 0.3) is 0 Å². The van der Waals surface area contributed by atoms with Crippen molar-refractivity contribution in [3.8, 4) is 5.75 Å². The zero-order valence-corrected chi connectivity index (χ0v) is 9.59. The maximum Gasteiger partial charge on any atom is 0.270 e. The first-order valence-electron chi connectivity index (χ1n) is 5.25. The lowest BCUT2D eigenvalue weighted by molar-refractivity contribution is 0.0162. The second-order valence-corrected chi connectivity index (χ2v) is 3.77. The summed E-state index contributed by atoms with van der Waals surface area (Å²) in [6.07, 6.45) is 1.18. The molecule has 2 N–H and O–H groups in total. The number of nitrogens with two attached hydrogens (primary N) is 1. The number of hydrogen-bond acceptors (Lipinski definition) is 2. The van der Waals surface area contributed by atoms with Crippen LogP contribution in [0.1, 0.15) is 24.5 Å². The molecule has 2 nitrogen and oxygen atoms in total. The van der Waals surface area contributed by atoms with Crippen molar-refractivity contribution < 1.29 is 13.5 Å². The van der Waals surface area contributed by atoms with Crippen LogP contribution in [0.15, 0.2) is 18.2 Å². The SMILES string of the molecule is COc1cccc(C(C)(F)F)c1CCCN. The number of alkyl halides is 2. The zero-order valence-electron chi connectivity index (χ0n) is 9.59. The van der Waals surface area contributed by atoms with E-state index in [9.17, 15) is 8.78 Å². The Morgan fingerprint density at radius 1 is 1.38 bits per heavy atom. The predicted octanol–water partition coefficient (Wildman–Crippen LogP) is 2.70. The molecule has 1 rings (SSSR count). The van der Waals surface area contributed by atoms with Crippen molar-refractivity contribution in [3.05, 3.63) is 29.3 Å². The normalized spacial score (nSPS) is 11.6. The van der Waals surface area contributed by atoms with E-state index in [1.807, 2.05) is 0 Å². The zero-order chi connectivity index (χ0) is 12.2. The topological polar surface area (TPSA) is 35.2 Å². The minimum Gasteiger partial charge on any atom is -0.496 e. The Labute approximate surface area is 94.4 Å². The van der Waals surface area contributed by atoms with Crippen LogP contribution in [0.3, 0.4) is 0 Å². The molecule has 0 aliphatic rings. The second-order valence-electron chi connectivity index (χ2n) is 3.77. The molecular weight excluding hydrogens is 212 g/mol. The van der Waals surface area contributed by atoms with Crippen molar-refractivity contribution in [2.75, 3.05) is 13.7 Å². The molecule has 0 aromatic heterocycles. The van der Waals surface area contributed by atoms with Crippen molar-refractivity contribution in [2.24, 2.45) is 5.73 Å². The molecule has 0 fully saturated rings. The molecule has 90 valence electrons. The van der Waals surface area contributed by atoms with Gasteiger partial charge in [-0.25, -0.2) is 8.78 Å². The van der Waals surface area contributed by atoms with Crippen molar-refractivity contribution in [3.63, 3.8) is 0 Å². The summed E-state index contributed by atoms with van der Waals surface area (Å²) in [6.45, 7) is 1.38. The molecule has 1 aromatic carbocycles. The van der Waals surface area contributed by atoms with E-state index in [0.717, 1.165) is 6.92 Å². The molecule has 0 amide bonds. The summed E-state index contributed by atoms with van der Waals surface area (Å²) in [6, 6.07) is 4.72. The fraction of sp³-hybridized carbons (Fsp3) is 0.500. The lowest BCUT2D eigenvalue weighted by Crippen LogP contribution is -2.13. The van der Waals surface area contributed by atoms with Gasteiger partial charge in [-0.05, 0) is 25.5 Å². The Bertz CT molecular complexity index is 347. The first kappa shape index (κ1) is 12.9. The second kappa shape index (κ2) is 5.25. The molecule has 0 unspecified atom stereocenters. The van der Waals surface area contributed by atoms with Gasteiger partial charge in [-0.1, -0.05) is 12.1 Å². The minimum atomic E-state index is -2.85. The Morgan fingerprint density at radius 3 is 2.56 bits per heavy atom. The standard InChI is InChI=1S/C12H17F2NO/c1-12(13,14)10-6-3-7-11(16-2)9(10)5-4-8-15/h3,6-7H,4-5,8,15H2,1-2H3. The monoisotopic (exact) mass is 229 g/mol.